The summed E-state index contributed by atoms with van der Waals surface area (Å²) in [6.45, 7) is 32.0. The molecule has 0 aromatic heterocycles. The van der Waals surface area contributed by atoms with Crippen molar-refractivity contribution in [2.75, 3.05) is 9.80 Å². The van der Waals surface area contributed by atoms with E-state index in [9.17, 15) is 0 Å². The van der Waals surface area contributed by atoms with E-state index < -0.39 is 0 Å². The minimum absolute atomic E-state index is 0.108. The van der Waals surface area contributed by atoms with Gasteiger partial charge in [0, 0.05) is 43.1 Å². The van der Waals surface area contributed by atoms with Crippen LogP contribution in [0, 0.1) is 39.5 Å². The molecule has 0 saturated carbocycles. The van der Waals surface area contributed by atoms with Crippen molar-refractivity contribution < 1.29 is 0 Å². The monoisotopic (exact) mass is 1460 g/mol. The Morgan fingerprint density at radius 2 is 0.667 bits per heavy atom. The Morgan fingerprint density at radius 1 is 0.333 bits per heavy atom. The van der Waals surface area contributed by atoms with Crippen molar-refractivity contribution >= 4 is 56.7 Å². The Bertz CT molecular complexity index is 4530. The number of hydrogen-bond donors (Lipinski definition) is 1. The van der Waals surface area contributed by atoms with E-state index >= 15 is 0 Å². The van der Waals surface area contributed by atoms with E-state index in [-0.39, 0.29) is 8.96 Å². The van der Waals surface area contributed by atoms with Crippen LogP contribution in [-0.4, -0.2) is 0 Å². The number of halogens is 1. The maximum absolute atomic E-state index is 6.69. The summed E-state index contributed by atoms with van der Waals surface area (Å²) in [5, 5.41) is 0. The summed E-state index contributed by atoms with van der Waals surface area (Å²) in [5.41, 5.74) is 41.7. The number of anilines is 6. The van der Waals surface area contributed by atoms with Gasteiger partial charge in [0.2, 0.25) is 0 Å². The first kappa shape index (κ1) is 74.9. The fourth-order valence-corrected chi connectivity index (χ4v) is 15.6. The molecule has 0 heterocycles. The summed E-state index contributed by atoms with van der Waals surface area (Å²) >= 11 is 2.60. The zero-order valence-corrected chi connectivity index (χ0v) is 66.0. The molecule has 11 aromatic rings. The van der Waals surface area contributed by atoms with Gasteiger partial charge in [-0.25, -0.2) is 0 Å². The molecule has 0 aliphatic carbocycles. The lowest BCUT2D eigenvalue weighted by molar-refractivity contribution is 0.476. The van der Waals surface area contributed by atoms with E-state index in [1.165, 1.54) is 155 Å². The van der Waals surface area contributed by atoms with E-state index in [1.54, 1.807) is 0 Å². The number of alkyl halides is 1. The number of nitrogens with two attached hydrogens (primary N) is 1. The number of hydrogen-bond acceptors (Lipinski definition) is 3. The smallest absolute Gasteiger partial charge is 0.0464 e. The zero-order chi connectivity index (χ0) is 72.2. The Hall–Kier alpha value is -8.29. The first-order valence-electron chi connectivity index (χ1n) is 38.4. The molecule has 102 heavy (non-hydrogen) atoms. The zero-order valence-electron chi connectivity index (χ0n) is 63.8. The van der Waals surface area contributed by atoms with Gasteiger partial charge in [-0.1, -0.05) is 274 Å². The lowest BCUT2D eigenvalue weighted by atomic mass is 9.84. The van der Waals surface area contributed by atoms with Crippen LogP contribution in [0.25, 0.3) is 66.8 Å². The summed E-state index contributed by atoms with van der Waals surface area (Å²) in [4.78, 5) is 4.90. The topological polar surface area (TPSA) is 32.5 Å². The van der Waals surface area contributed by atoms with Crippen molar-refractivity contribution in [3.63, 3.8) is 0 Å². The molecule has 0 radical (unpaired) electrons. The molecule has 11 rings (SSSR count). The molecule has 0 bridgehead atoms. The third-order valence-corrected chi connectivity index (χ3v) is 22.9. The first-order valence-corrected chi connectivity index (χ1v) is 39.5. The largest absolute Gasteiger partial charge is 0.322 e. The average molecular weight is 1460 g/mol. The van der Waals surface area contributed by atoms with Crippen molar-refractivity contribution in [3.8, 4) is 66.8 Å². The Kier molecular flexibility index (Phi) is 24.9. The molecule has 0 amide bonds. The summed E-state index contributed by atoms with van der Waals surface area (Å²) < 4.78 is 0.108. The first-order chi connectivity index (χ1) is 49.1. The van der Waals surface area contributed by atoms with Gasteiger partial charge in [0.05, 0.1) is 0 Å². The van der Waals surface area contributed by atoms with Gasteiger partial charge in [0.1, 0.15) is 0 Å². The highest BCUT2D eigenvalue weighted by Crippen LogP contribution is 2.45. The van der Waals surface area contributed by atoms with Gasteiger partial charge in [-0.05, 0) is 300 Å². The molecule has 0 fully saturated rings. The van der Waals surface area contributed by atoms with Gasteiger partial charge >= 0.3 is 0 Å². The highest BCUT2D eigenvalue weighted by atomic mass is 127. The molecule has 0 aliphatic heterocycles. The Balaban J connectivity index is 0.982. The molecule has 2 atom stereocenters. The fourth-order valence-electron chi connectivity index (χ4n) is 15.2. The second-order valence-corrected chi connectivity index (χ2v) is 33.0. The van der Waals surface area contributed by atoms with Crippen molar-refractivity contribution in [3.05, 3.63) is 286 Å². The number of unbranched alkanes of at least 4 members (excludes halogenated alkanes) is 6. The van der Waals surface area contributed by atoms with Gasteiger partial charge in [-0.2, -0.15) is 0 Å². The summed E-state index contributed by atoms with van der Waals surface area (Å²) in [6, 6.07) is 88.6. The van der Waals surface area contributed by atoms with E-state index in [1.807, 2.05) is 0 Å². The van der Waals surface area contributed by atoms with Gasteiger partial charge in [-0.15, -0.1) is 0 Å². The molecule has 0 saturated heterocycles. The van der Waals surface area contributed by atoms with E-state index in [0.717, 1.165) is 91.1 Å². The predicted molar refractivity (Wildman–Crippen MR) is 454 cm³/mol. The van der Waals surface area contributed by atoms with Crippen molar-refractivity contribution in [1.82, 2.24) is 0 Å². The quantitative estimate of drug-likeness (QED) is 0.0277. The molecule has 526 valence electrons. The number of rotatable bonds is 30. The van der Waals surface area contributed by atoms with Crippen LogP contribution in [0.1, 0.15) is 189 Å². The molecular formula is C98H112IN3. The lowest BCUT2D eigenvalue weighted by Gasteiger charge is -2.28. The number of nitrogens with zero attached hydrogens (tertiary/aromatic N) is 2. The molecule has 2 N–H and O–H groups in total. The molecular weight excluding hydrogens is 1350 g/mol. The maximum Gasteiger partial charge on any atom is 0.0464 e. The van der Waals surface area contributed by atoms with Crippen LogP contribution in [0.15, 0.2) is 231 Å². The van der Waals surface area contributed by atoms with Crippen LogP contribution in [-0.2, 0) is 34.6 Å². The second-order valence-electron chi connectivity index (χ2n) is 30.6. The molecule has 0 aliphatic rings. The van der Waals surface area contributed by atoms with Crippen molar-refractivity contribution in [1.29, 1.82) is 0 Å². The van der Waals surface area contributed by atoms with Crippen LogP contribution < -0.4 is 15.5 Å². The Labute approximate surface area is 628 Å². The molecule has 3 nitrogen and oxygen atoms in total. The standard InChI is InChI=1S/C98H112IN3/c1-15-19-21-23-25-82-66-95(93-58-56-91(64-70(93)10)102(88-49-37-79(38-50-88)76-31-43-84(44-32-76)97(13,99)17-3)89-53-41-81(42-54-89)96-71(11)61-74(60-68(7)8)62-72(96)12)83(26-24-22-20-16-2)65-94(82)92-57-55-90(63-69(92)9)101(86-47-35-78(36-48-86)75-29-27-73(28-30-75)59-67(5)6)87-51-39-80(40-52-87)77-33-45-85(46-34-77)98(14,100)18-4/h27-58,61-68H,15-26,59-60,100H2,1-14H3. The normalized spacial score (nSPS) is 12.8. The lowest BCUT2D eigenvalue weighted by Crippen LogP contribution is -2.31. The van der Waals surface area contributed by atoms with Gasteiger partial charge in [0.15, 0.2) is 0 Å². The molecule has 4 heteroatoms. The van der Waals surface area contributed by atoms with Gasteiger partial charge in [0.25, 0.3) is 0 Å². The highest BCUT2D eigenvalue weighted by Gasteiger charge is 2.24. The molecule has 0 spiro atoms. The van der Waals surface area contributed by atoms with Crippen LogP contribution >= 0.6 is 22.6 Å². The molecule has 11 aromatic carbocycles. The van der Waals surface area contributed by atoms with Gasteiger partial charge in [-0.3, -0.25) is 0 Å². The minimum atomic E-state index is -0.359. The van der Waals surface area contributed by atoms with Crippen LogP contribution in [0.3, 0.4) is 0 Å². The van der Waals surface area contributed by atoms with E-state index in [4.69, 9.17) is 5.73 Å². The number of benzene rings is 11. The summed E-state index contributed by atoms with van der Waals surface area (Å²) in [6.07, 6.45) is 15.8. The SMILES string of the molecule is CCCCCCc1cc(-c2ccc(N(c3ccc(-c4ccc(C(C)(I)CC)cc4)cc3)c3ccc(-c4c(C)cc(CC(C)C)cc4C)cc3)cc2C)c(CCCCCC)cc1-c1ccc(N(c2ccc(-c3ccc(CC(C)C)cc3)cc2)c2ccc(-c3ccc(C(C)(N)CC)cc3)cc2)cc1C. The predicted octanol–water partition coefficient (Wildman–Crippen LogP) is 29.1. The summed E-state index contributed by atoms with van der Waals surface area (Å²) in [7, 11) is 0. The number of aryl methyl sites for hydroxylation is 6. The minimum Gasteiger partial charge on any atom is -0.322 e. The van der Waals surface area contributed by atoms with Crippen LogP contribution in [0.5, 0.6) is 0 Å². The van der Waals surface area contributed by atoms with Crippen molar-refractivity contribution in [2.24, 2.45) is 17.6 Å². The fraction of sp³-hybridized carbons (Fsp3) is 0.327. The van der Waals surface area contributed by atoms with E-state index in [0.29, 0.717) is 11.8 Å². The van der Waals surface area contributed by atoms with Gasteiger partial charge < -0.3 is 15.5 Å². The van der Waals surface area contributed by atoms with Crippen LogP contribution in [0.2, 0.25) is 0 Å². The average Bonchev–Trinajstić information content (AvgIpc) is 0.770. The van der Waals surface area contributed by atoms with Crippen LogP contribution in [0.4, 0.5) is 34.1 Å². The Morgan fingerprint density at radius 3 is 1.01 bits per heavy atom. The summed E-state index contributed by atoms with van der Waals surface area (Å²) in [5.74, 6) is 1.23. The van der Waals surface area contributed by atoms with Crippen molar-refractivity contribution in [2.45, 2.75) is 196 Å². The third-order valence-electron chi connectivity index (χ3n) is 21.5. The third kappa shape index (κ3) is 17.8. The highest BCUT2D eigenvalue weighted by molar-refractivity contribution is 14.1. The second kappa shape index (κ2) is 33.9. The maximum atomic E-state index is 6.69. The molecule has 2 unspecified atom stereocenters. The van der Waals surface area contributed by atoms with E-state index in [2.05, 4.69) is 360 Å².